The van der Waals surface area contributed by atoms with Gasteiger partial charge in [0.25, 0.3) is 0 Å². The third-order valence-electron chi connectivity index (χ3n) is 2.41. The van der Waals surface area contributed by atoms with Crippen LogP contribution in [0.2, 0.25) is 5.02 Å². The molecule has 2 aromatic rings. The van der Waals surface area contributed by atoms with Crippen LogP contribution in [0.3, 0.4) is 0 Å². The third-order valence-corrected chi connectivity index (χ3v) is 2.76. The highest BCUT2D eigenvalue weighted by molar-refractivity contribution is 6.31. The van der Waals surface area contributed by atoms with Crippen molar-refractivity contribution < 1.29 is 4.74 Å². The molecular weight excluding hydrogens is 224 g/mol. The molecule has 0 atom stereocenters. The minimum absolute atomic E-state index is 0.447. The molecule has 0 spiro atoms. The van der Waals surface area contributed by atoms with Crippen LogP contribution in [-0.2, 0) is 13.7 Å². The van der Waals surface area contributed by atoms with E-state index in [0.29, 0.717) is 12.5 Å². The van der Waals surface area contributed by atoms with Crippen LogP contribution in [0.25, 0.3) is 0 Å². The molecule has 0 amide bonds. The summed E-state index contributed by atoms with van der Waals surface area (Å²) >= 11 is 6.10. The topological polar surface area (TPSA) is 27.1 Å². The van der Waals surface area contributed by atoms with Crippen LogP contribution in [0.1, 0.15) is 11.1 Å². The molecule has 84 valence electrons. The third kappa shape index (κ3) is 2.36. The molecular formula is C12H13ClN2O. The summed E-state index contributed by atoms with van der Waals surface area (Å²) in [5.41, 5.74) is 2.14. The Kier molecular flexibility index (Phi) is 3.15. The number of benzene rings is 1. The molecule has 4 heteroatoms. The summed E-state index contributed by atoms with van der Waals surface area (Å²) in [6.07, 6.45) is 1.84. The number of rotatable bonds is 3. The average Bonchev–Trinajstić information content (AvgIpc) is 2.63. The summed E-state index contributed by atoms with van der Waals surface area (Å²) in [5, 5.41) is 4.87. The van der Waals surface area contributed by atoms with Gasteiger partial charge in [-0.3, -0.25) is 4.68 Å². The summed E-state index contributed by atoms with van der Waals surface area (Å²) in [5.74, 6) is 0.613. The monoisotopic (exact) mass is 236 g/mol. The van der Waals surface area contributed by atoms with E-state index in [0.717, 1.165) is 16.1 Å². The highest BCUT2D eigenvalue weighted by Crippen LogP contribution is 2.21. The molecule has 0 saturated carbocycles. The van der Waals surface area contributed by atoms with Crippen LogP contribution in [-0.4, -0.2) is 9.78 Å². The van der Waals surface area contributed by atoms with E-state index in [2.05, 4.69) is 5.10 Å². The summed E-state index contributed by atoms with van der Waals surface area (Å²) in [7, 11) is 1.85. The van der Waals surface area contributed by atoms with Crippen LogP contribution in [0.5, 0.6) is 5.88 Å². The highest BCUT2D eigenvalue weighted by Gasteiger charge is 2.05. The molecule has 1 heterocycles. The Morgan fingerprint density at radius 2 is 2.19 bits per heavy atom. The lowest BCUT2D eigenvalue weighted by atomic mass is 10.1. The van der Waals surface area contributed by atoms with E-state index in [1.807, 2.05) is 44.4 Å². The van der Waals surface area contributed by atoms with E-state index in [4.69, 9.17) is 16.3 Å². The second-order valence-electron chi connectivity index (χ2n) is 3.65. The Morgan fingerprint density at radius 3 is 2.81 bits per heavy atom. The lowest BCUT2D eigenvalue weighted by Gasteiger charge is -2.08. The molecule has 0 aliphatic heterocycles. The van der Waals surface area contributed by atoms with Gasteiger partial charge in [-0.2, -0.15) is 0 Å². The van der Waals surface area contributed by atoms with Crippen molar-refractivity contribution >= 4 is 11.6 Å². The number of halogens is 1. The summed E-state index contributed by atoms with van der Waals surface area (Å²) < 4.78 is 7.26. The van der Waals surface area contributed by atoms with Gasteiger partial charge in [0.05, 0.1) is 0 Å². The minimum atomic E-state index is 0.447. The molecule has 16 heavy (non-hydrogen) atoms. The van der Waals surface area contributed by atoms with Crippen molar-refractivity contribution in [2.45, 2.75) is 13.5 Å². The molecule has 0 fully saturated rings. The first-order valence-corrected chi connectivity index (χ1v) is 5.41. The number of hydrogen-bond acceptors (Lipinski definition) is 2. The van der Waals surface area contributed by atoms with Crippen molar-refractivity contribution in [1.82, 2.24) is 9.78 Å². The molecule has 0 bridgehead atoms. The number of hydrogen-bond donors (Lipinski definition) is 0. The molecule has 0 unspecified atom stereocenters. The number of ether oxygens (including phenoxy) is 1. The van der Waals surface area contributed by atoms with E-state index >= 15 is 0 Å². The van der Waals surface area contributed by atoms with Crippen LogP contribution in [0.4, 0.5) is 0 Å². The second kappa shape index (κ2) is 4.58. The fourth-order valence-corrected chi connectivity index (χ4v) is 1.74. The minimum Gasteiger partial charge on any atom is -0.472 e. The van der Waals surface area contributed by atoms with E-state index in [9.17, 15) is 0 Å². The first-order valence-electron chi connectivity index (χ1n) is 5.03. The smallest absolute Gasteiger partial charge is 0.233 e. The van der Waals surface area contributed by atoms with Crippen molar-refractivity contribution in [2.75, 3.05) is 0 Å². The van der Waals surface area contributed by atoms with Crippen molar-refractivity contribution in [3.05, 3.63) is 46.6 Å². The zero-order valence-electron chi connectivity index (χ0n) is 9.27. The van der Waals surface area contributed by atoms with E-state index in [1.54, 1.807) is 4.68 Å². The van der Waals surface area contributed by atoms with Crippen molar-refractivity contribution in [1.29, 1.82) is 0 Å². The van der Waals surface area contributed by atoms with Crippen LogP contribution < -0.4 is 4.74 Å². The maximum absolute atomic E-state index is 6.10. The maximum atomic E-state index is 6.10. The molecule has 0 N–H and O–H groups in total. The molecule has 0 radical (unpaired) electrons. The van der Waals surface area contributed by atoms with Gasteiger partial charge in [0.2, 0.25) is 5.88 Å². The standard InChI is InChI=1S/C12H13ClN2O/c1-9-4-3-5-11(13)10(9)8-16-12-6-7-15(2)14-12/h3-7H,8H2,1-2H3. The SMILES string of the molecule is Cc1cccc(Cl)c1COc1ccn(C)n1. The van der Waals surface area contributed by atoms with Gasteiger partial charge in [0.15, 0.2) is 0 Å². The van der Waals surface area contributed by atoms with Gasteiger partial charge in [-0.05, 0) is 18.6 Å². The van der Waals surface area contributed by atoms with Crippen LogP contribution in [0.15, 0.2) is 30.5 Å². The van der Waals surface area contributed by atoms with Gasteiger partial charge in [-0.1, -0.05) is 23.7 Å². The molecule has 2 rings (SSSR count). The van der Waals surface area contributed by atoms with E-state index < -0.39 is 0 Å². The fourth-order valence-electron chi connectivity index (χ4n) is 1.47. The van der Waals surface area contributed by atoms with Crippen molar-refractivity contribution in [3.63, 3.8) is 0 Å². The molecule has 0 aliphatic rings. The van der Waals surface area contributed by atoms with Crippen molar-refractivity contribution in [2.24, 2.45) is 7.05 Å². The Labute approximate surface area is 99.6 Å². The first-order chi connectivity index (χ1) is 7.66. The molecule has 3 nitrogen and oxygen atoms in total. The Hall–Kier alpha value is -1.48. The second-order valence-corrected chi connectivity index (χ2v) is 4.06. The normalized spacial score (nSPS) is 10.4. The number of aryl methyl sites for hydroxylation is 2. The first kappa shape index (κ1) is 11.0. The average molecular weight is 237 g/mol. The predicted octanol–water partition coefficient (Wildman–Crippen LogP) is 2.96. The highest BCUT2D eigenvalue weighted by atomic mass is 35.5. The predicted molar refractivity (Wildman–Crippen MR) is 63.7 cm³/mol. The van der Waals surface area contributed by atoms with Gasteiger partial charge in [0, 0.05) is 29.9 Å². The van der Waals surface area contributed by atoms with Gasteiger partial charge in [0.1, 0.15) is 6.61 Å². The van der Waals surface area contributed by atoms with Gasteiger partial charge < -0.3 is 4.74 Å². The quantitative estimate of drug-likeness (QED) is 0.819. The maximum Gasteiger partial charge on any atom is 0.233 e. The lowest BCUT2D eigenvalue weighted by Crippen LogP contribution is -2.00. The van der Waals surface area contributed by atoms with Gasteiger partial charge in [-0.25, -0.2) is 0 Å². The summed E-state index contributed by atoms with van der Waals surface area (Å²) in [6, 6.07) is 7.64. The van der Waals surface area contributed by atoms with Crippen molar-refractivity contribution in [3.8, 4) is 5.88 Å². The molecule has 0 saturated heterocycles. The number of nitrogens with zero attached hydrogens (tertiary/aromatic N) is 2. The van der Waals surface area contributed by atoms with E-state index in [-0.39, 0.29) is 0 Å². The summed E-state index contributed by atoms with van der Waals surface area (Å²) in [6.45, 7) is 2.46. The Morgan fingerprint density at radius 1 is 1.38 bits per heavy atom. The zero-order chi connectivity index (χ0) is 11.5. The molecule has 1 aromatic heterocycles. The van der Waals surface area contributed by atoms with E-state index in [1.165, 1.54) is 0 Å². The zero-order valence-corrected chi connectivity index (χ0v) is 10.0. The largest absolute Gasteiger partial charge is 0.472 e. The Balaban J connectivity index is 2.10. The molecule has 1 aromatic carbocycles. The molecule has 0 aliphatic carbocycles. The Bertz CT molecular complexity index is 473. The van der Waals surface area contributed by atoms with Gasteiger partial charge >= 0.3 is 0 Å². The van der Waals surface area contributed by atoms with Crippen LogP contribution in [0, 0.1) is 6.92 Å². The van der Waals surface area contributed by atoms with Crippen LogP contribution >= 0.6 is 11.6 Å². The fraction of sp³-hybridized carbons (Fsp3) is 0.250. The van der Waals surface area contributed by atoms with Gasteiger partial charge in [-0.15, -0.1) is 5.10 Å². The summed E-state index contributed by atoms with van der Waals surface area (Å²) in [4.78, 5) is 0. The number of aromatic nitrogens is 2. The lowest BCUT2D eigenvalue weighted by molar-refractivity contribution is 0.290.